The molecule has 0 amide bonds. The standard InChI is InChI=1S/C15H9N3/c1-3-9-12-7-8-16-18(12)13-6-2-5-11-15(13)14(9)10(4-1)17-11/h1-8,17H. The molecule has 3 aromatic heterocycles. The van der Waals surface area contributed by atoms with E-state index in [0.717, 1.165) is 5.52 Å². The minimum Gasteiger partial charge on any atom is -0.354 e. The van der Waals surface area contributed by atoms with Gasteiger partial charge in [-0.05, 0) is 24.3 Å². The summed E-state index contributed by atoms with van der Waals surface area (Å²) in [6, 6.07) is 14.8. The van der Waals surface area contributed by atoms with E-state index in [2.05, 4.69) is 52.5 Å². The number of hydrogen-bond acceptors (Lipinski definition) is 1. The third-order valence-corrected chi connectivity index (χ3v) is 3.77. The van der Waals surface area contributed by atoms with Crippen molar-refractivity contribution in [1.82, 2.24) is 14.6 Å². The molecular weight excluding hydrogens is 222 g/mol. The smallest absolute Gasteiger partial charge is 0.0753 e. The number of pyridine rings is 1. The van der Waals surface area contributed by atoms with Crippen LogP contribution in [-0.2, 0) is 0 Å². The van der Waals surface area contributed by atoms with Gasteiger partial charge in [-0.3, -0.25) is 0 Å². The molecule has 0 aliphatic rings. The van der Waals surface area contributed by atoms with Gasteiger partial charge in [-0.25, -0.2) is 4.52 Å². The summed E-state index contributed by atoms with van der Waals surface area (Å²) in [6.45, 7) is 0. The van der Waals surface area contributed by atoms with Gasteiger partial charge < -0.3 is 4.98 Å². The number of H-pyrrole nitrogens is 1. The number of aromatic amines is 1. The fraction of sp³-hybridized carbons (Fsp3) is 0. The summed E-state index contributed by atoms with van der Waals surface area (Å²) in [5.41, 5.74) is 4.70. The highest BCUT2D eigenvalue weighted by Gasteiger charge is 2.14. The minimum atomic E-state index is 1.16. The molecule has 1 N–H and O–H groups in total. The van der Waals surface area contributed by atoms with E-state index in [0.29, 0.717) is 0 Å². The monoisotopic (exact) mass is 231 g/mol. The molecule has 0 saturated carbocycles. The van der Waals surface area contributed by atoms with Crippen molar-refractivity contribution in [2.45, 2.75) is 0 Å². The summed E-state index contributed by atoms with van der Waals surface area (Å²) >= 11 is 0. The third-order valence-electron chi connectivity index (χ3n) is 3.77. The van der Waals surface area contributed by atoms with Gasteiger partial charge in [0.25, 0.3) is 0 Å². The summed E-state index contributed by atoms with van der Waals surface area (Å²) in [5, 5.41) is 8.30. The minimum absolute atomic E-state index is 1.16. The second-order valence-corrected chi connectivity index (χ2v) is 4.68. The Morgan fingerprint density at radius 3 is 2.61 bits per heavy atom. The first-order valence-electron chi connectivity index (χ1n) is 6.02. The van der Waals surface area contributed by atoms with Gasteiger partial charge in [0.15, 0.2) is 0 Å². The van der Waals surface area contributed by atoms with E-state index in [4.69, 9.17) is 0 Å². The maximum absolute atomic E-state index is 4.45. The molecule has 0 saturated heterocycles. The second kappa shape index (κ2) is 2.64. The highest BCUT2D eigenvalue weighted by Crippen LogP contribution is 2.36. The van der Waals surface area contributed by atoms with Crippen molar-refractivity contribution in [3.8, 4) is 0 Å². The predicted octanol–water partition coefficient (Wildman–Crippen LogP) is 3.56. The molecule has 0 fully saturated rings. The molecule has 0 unspecified atom stereocenters. The molecule has 3 nitrogen and oxygen atoms in total. The number of benzene rings is 2. The lowest BCUT2D eigenvalue weighted by Gasteiger charge is -2.05. The molecule has 5 aromatic rings. The lowest BCUT2D eigenvalue weighted by molar-refractivity contribution is 1.01. The molecule has 0 radical (unpaired) electrons. The van der Waals surface area contributed by atoms with E-state index in [1.54, 1.807) is 0 Å². The van der Waals surface area contributed by atoms with E-state index >= 15 is 0 Å². The van der Waals surface area contributed by atoms with Crippen molar-refractivity contribution >= 4 is 38.2 Å². The van der Waals surface area contributed by atoms with Crippen LogP contribution in [0.15, 0.2) is 48.7 Å². The Balaban J connectivity index is 2.38. The molecule has 0 aliphatic carbocycles. The first-order valence-corrected chi connectivity index (χ1v) is 6.02. The Bertz CT molecular complexity index is 940. The van der Waals surface area contributed by atoms with Crippen molar-refractivity contribution in [2.75, 3.05) is 0 Å². The normalized spacial score (nSPS) is 12.4. The topological polar surface area (TPSA) is 33.1 Å². The van der Waals surface area contributed by atoms with Crippen LogP contribution in [0.25, 0.3) is 38.2 Å². The SMILES string of the molecule is c1cc2[nH]c3cccc4c3c2c(c1)c1ccnn14. The van der Waals surface area contributed by atoms with Crippen LogP contribution in [0.4, 0.5) is 0 Å². The Hall–Kier alpha value is -2.55. The van der Waals surface area contributed by atoms with E-state index in [-0.39, 0.29) is 0 Å². The van der Waals surface area contributed by atoms with Crippen molar-refractivity contribution in [2.24, 2.45) is 0 Å². The second-order valence-electron chi connectivity index (χ2n) is 4.68. The molecule has 3 heterocycles. The van der Waals surface area contributed by atoms with Gasteiger partial charge in [-0.1, -0.05) is 18.2 Å². The van der Waals surface area contributed by atoms with Gasteiger partial charge in [-0.15, -0.1) is 0 Å². The summed E-state index contributed by atoms with van der Waals surface area (Å²) in [6.07, 6.45) is 1.86. The Kier molecular flexibility index (Phi) is 1.25. The van der Waals surface area contributed by atoms with Crippen LogP contribution < -0.4 is 0 Å². The van der Waals surface area contributed by atoms with Crippen molar-refractivity contribution in [3.05, 3.63) is 48.7 Å². The molecule has 0 bridgehead atoms. The number of fused-ring (bicyclic) bond motifs is 3. The van der Waals surface area contributed by atoms with Crippen LogP contribution in [0.2, 0.25) is 0 Å². The number of nitrogens with one attached hydrogen (secondary N) is 1. The highest BCUT2D eigenvalue weighted by atomic mass is 15.2. The van der Waals surface area contributed by atoms with Crippen LogP contribution in [0.5, 0.6) is 0 Å². The zero-order valence-electron chi connectivity index (χ0n) is 9.51. The molecular formula is C15H9N3. The third kappa shape index (κ3) is 0.788. The number of nitrogens with zero attached hydrogens (tertiary/aromatic N) is 2. The van der Waals surface area contributed by atoms with Gasteiger partial charge in [-0.2, -0.15) is 5.10 Å². The average molecular weight is 231 g/mol. The summed E-state index contributed by atoms with van der Waals surface area (Å²) in [7, 11) is 0. The molecule has 0 atom stereocenters. The van der Waals surface area contributed by atoms with E-state index in [9.17, 15) is 0 Å². The molecule has 18 heavy (non-hydrogen) atoms. The van der Waals surface area contributed by atoms with E-state index in [1.807, 2.05) is 10.7 Å². The first kappa shape index (κ1) is 8.53. The van der Waals surface area contributed by atoms with Crippen molar-refractivity contribution < 1.29 is 0 Å². The summed E-state index contributed by atoms with van der Waals surface area (Å²) < 4.78 is 2.03. The molecule has 5 rings (SSSR count). The zero-order valence-corrected chi connectivity index (χ0v) is 9.51. The lowest BCUT2D eigenvalue weighted by Crippen LogP contribution is -1.90. The van der Waals surface area contributed by atoms with E-state index < -0.39 is 0 Å². The highest BCUT2D eigenvalue weighted by molar-refractivity contribution is 6.25. The number of hydrogen-bond donors (Lipinski definition) is 1. The molecule has 84 valence electrons. The summed E-state index contributed by atoms with van der Waals surface area (Å²) in [4.78, 5) is 3.48. The van der Waals surface area contributed by atoms with Gasteiger partial charge in [0.1, 0.15) is 0 Å². The molecule has 3 heteroatoms. The molecule has 0 aliphatic heterocycles. The fourth-order valence-corrected chi connectivity index (χ4v) is 3.07. The molecule has 0 spiro atoms. The van der Waals surface area contributed by atoms with Crippen LogP contribution in [0.3, 0.4) is 0 Å². The predicted molar refractivity (Wildman–Crippen MR) is 73.2 cm³/mol. The molecule has 2 aromatic carbocycles. The summed E-state index contributed by atoms with van der Waals surface area (Å²) in [5.74, 6) is 0. The van der Waals surface area contributed by atoms with Gasteiger partial charge in [0, 0.05) is 27.2 Å². The number of aromatic nitrogens is 3. The first-order chi connectivity index (χ1) is 8.93. The maximum Gasteiger partial charge on any atom is 0.0753 e. The van der Waals surface area contributed by atoms with E-state index in [1.165, 1.54) is 32.7 Å². The van der Waals surface area contributed by atoms with Crippen molar-refractivity contribution in [3.63, 3.8) is 0 Å². The van der Waals surface area contributed by atoms with Crippen LogP contribution >= 0.6 is 0 Å². The van der Waals surface area contributed by atoms with Gasteiger partial charge in [0.2, 0.25) is 0 Å². The van der Waals surface area contributed by atoms with Crippen LogP contribution in [0, 0.1) is 0 Å². The number of rotatable bonds is 0. The zero-order chi connectivity index (χ0) is 11.7. The van der Waals surface area contributed by atoms with Crippen LogP contribution in [-0.4, -0.2) is 14.6 Å². The van der Waals surface area contributed by atoms with Crippen LogP contribution in [0.1, 0.15) is 0 Å². The fourth-order valence-electron chi connectivity index (χ4n) is 3.07. The Labute approximate surface area is 102 Å². The quantitative estimate of drug-likeness (QED) is 0.406. The largest absolute Gasteiger partial charge is 0.354 e. The Morgan fingerprint density at radius 2 is 1.67 bits per heavy atom. The maximum atomic E-state index is 4.45. The van der Waals surface area contributed by atoms with Gasteiger partial charge in [0.05, 0.1) is 17.2 Å². The van der Waals surface area contributed by atoms with Gasteiger partial charge >= 0.3 is 0 Å². The van der Waals surface area contributed by atoms with Crippen molar-refractivity contribution in [1.29, 1.82) is 0 Å². The average Bonchev–Trinajstić information content (AvgIpc) is 3.02. The Morgan fingerprint density at radius 1 is 0.833 bits per heavy atom. The lowest BCUT2D eigenvalue weighted by atomic mass is 10.1.